The second-order valence-corrected chi connectivity index (χ2v) is 6.31. The first-order valence-corrected chi connectivity index (χ1v) is 7.79. The molecule has 0 spiro atoms. The van der Waals surface area contributed by atoms with E-state index in [-0.39, 0.29) is 0 Å². The molecule has 0 radical (unpaired) electrons. The van der Waals surface area contributed by atoms with Crippen molar-refractivity contribution in [2.75, 3.05) is 0 Å². The van der Waals surface area contributed by atoms with Gasteiger partial charge in [0.15, 0.2) is 0 Å². The lowest BCUT2D eigenvalue weighted by Crippen LogP contribution is -2.33. The highest BCUT2D eigenvalue weighted by Crippen LogP contribution is 2.24. The molecule has 0 amide bonds. The van der Waals surface area contributed by atoms with Gasteiger partial charge in [0.05, 0.1) is 6.04 Å². The zero-order valence-electron chi connectivity index (χ0n) is 10.1. The van der Waals surface area contributed by atoms with Crippen LogP contribution in [0.5, 0.6) is 0 Å². The Hall–Kier alpha value is -0.390. The van der Waals surface area contributed by atoms with Gasteiger partial charge < -0.3 is 5.43 Å². The van der Waals surface area contributed by atoms with Crippen LogP contribution in [-0.4, -0.2) is 11.9 Å². The van der Waals surface area contributed by atoms with Gasteiger partial charge in [0.1, 0.15) is 5.84 Å². The van der Waals surface area contributed by atoms with Gasteiger partial charge >= 0.3 is 0 Å². The van der Waals surface area contributed by atoms with Gasteiger partial charge in [-0.05, 0) is 47.0 Å². The van der Waals surface area contributed by atoms with Crippen molar-refractivity contribution in [1.82, 2.24) is 5.43 Å². The number of nitrogens with one attached hydrogen (secondary N) is 1. The van der Waals surface area contributed by atoms with E-state index in [1.807, 2.05) is 18.2 Å². The Labute approximate surface area is 124 Å². The number of aliphatic imine (C=N–C) groups is 1. The Morgan fingerprint density at radius 1 is 1.22 bits per heavy atom. The van der Waals surface area contributed by atoms with Crippen LogP contribution in [0.3, 0.4) is 0 Å². The van der Waals surface area contributed by atoms with Crippen LogP contribution in [0.2, 0.25) is 0 Å². The average molecular weight is 375 g/mol. The highest BCUT2D eigenvalue weighted by atomic mass is 79.9. The SMILES string of the molecule is NNC(=NC1CCCCC1)c1ccc(Br)cc1Br. The van der Waals surface area contributed by atoms with Crippen molar-refractivity contribution in [2.24, 2.45) is 10.8 Å². The number of nitrogens with zero attached hydrogens (tertiary/aromatic N) is 1. The third-order valence-electron chi connectivity index (χ3n) is 3.21. The third kappa shape index (κ3) is 3.56. The molecule has 1 aliphatic rings. The lowest BCUT2D eigenvalue weighted by molar-refractivity contribution is 0.442. The van der Waals surface area contributed by atoms with Crippen LogP contribution in [0.4, 0.5) is 0 Å². The summed E-state index contributed by atoms with van der Waals surface area (Å²) in [5.74, 6) is 6.38. The van der Waals surface area contributed by atoms with Gasteiger partial charge in [-0.2, -0.15) is 0 Å². The molecule has 3 N–H and O–H groups in total. The molecule has 1 aliphatic carbocycles. The lowest BCUT2D eigenvalue weighted by Gasteiger charge is -2.19. The molecule has 2 rings (SSSR count). The molecule has 1 fully saturated rings. The summed E-state index contributed by atoms with van der Waals surface area (Å²) in [6.07, 6.45) is 6.21. The van der Waals surface area contributed by atoms with E-state index < -0.39 is 0 Å². The summed E-state index contributed by atoms with van der Waals surface area (Å²) < 4.78 is 2.02. The van der Waals surface area contributed by atoms with Gasteiger partial charge in [0, 0.05) is 14.5 Å². The molecule has 1 saturated carbocycles. The monoisotopic (exact) mass is 373 g/mol. The van der Waals surface area contributed by atoms with Crippen LogP contribution in [-0.2, 0) is 0 Å². The average Bonchev–Trinajstić information content (AvgIpc) is 2.38. The first kappa shape index (κ1) is 14.0. The zero-order chi connectivity index (χ0) is 13.0. The number of benzene rings is 1. The topological polar surface area (TPSA) is 50.4 Å². The Morgan fingerprint density at radius 2 is 1.94 bits per heavy atom. The van der Waals surface area contributed by atoms with Crippen LogP contribution in [0.1, 0.15) is 37.7 Å². The van der Waals surface area contributed by atoms with Gasteiger partial charge in [0.2, 0.25) is 0 Å². The van der Waals surface area contributed by atoms with Crippen molar-refractivity contribution in [1.29, 1.82) is 0 Å². The fourth-order valence-corrected chi connectivity index (χ4v) is 3.49. The van der Waals surface area contributed by atoms with Crippen LogP contribution < -0.4 is 11.3 Å². The fourth-order valence-electron chi connectivity index (χ4n) is 2.26. The largest absolute Gasteiger partial charge is 0.308 e. The van der Waals surface area contributed by atoms with Gasteiger partial charge in [-0.25, -0.2) is 5.84 Å². The third-order valence-corrected chi connectivity index (χ3v) is 4.36. The molecule has 0 aromatic heterocycles. The van der Waals surface area contributed by atoms with Crippen molar-refractivity contribution in [3.63, 3.8) is 0 Å². The highest BCUT2D eigenvalue weighted by molar-refractivity contribution is 9.11. The minimum atomic E-state index is 0.403. The van der Waals surface area contributed by atoms with Crippen molar-refractivity contribution in [2.45, 2.75) is 38.1 Å². The molecule has 0 atom stereocenters. The van der Waals surface area contributed by atoms with Crippen LogP contribution in [0.25, 0.3) is 0 Å². The normalized spacial score (nSPS) is 17.8. The highest BCUT2D eigenvalue weighted by Gasteiger charge is 2.14. The minimum Gasteiger partial charge on any atom is -0.308 e. The predicted octanol–water partition coefficient (Wildman–Crippen LogP) is 3.75. The van der Waals surface area contributed by atoms with E-state index in [1.165, 1.54) is 32.1 Å². The number of hydrogen-bond acceptors (Lipinski definition) is 2. The molecule has 0 heterocycles. The lowest BCUT2D eigenvalue weighted by atomic mass is 9.96. The molecule has 0 saturated heterocycles. The van der Waals surface area contributed by atoms with Crippen molar-refractivity contribution >= 4 is 37.7 Å². The van der Waals surface area contributed by atoms with Crippen molar-refractivity contribution < 1.29 is 0 Å². The summed E-state index contributed by atoms with van der Waals surface area (Å²) >= 11 is 6.99. The second-order valence-electron chi connectivity index (χ2n) is 4.54. The van der Waals surface area contributed by atoms with E-state index >= 15 is 0 Å². The van der Waals surface area contributed by atoms with Crippen molar-refractivity contribution in [3.05, 3.63) is 32.7 Å². The van der Waals surface area contributed by atoms with E-state index in [4.69, 9.17) is 10.8 Å². The Kier molecular flexibility index (Phi) is 5.21. The molecular formula is C13H17Br2N3. The fraction of sp³-hybridized carbons (Fsp3) is 0.462. The first-order chi connectivity index (χ1) is 8.70. The van der Waals surface area contributed by atoms with Crippen molar-refractivity contribution in [3.8, 4) is 0 Å². The summed E-state index contributed by atoms with van der Waals surface area (Å²) in [5.41, 5.74) is 3.74. The second kappa shape index (κ2) is 6.68. The molecule has 98 valence electrons. The maximum Gasteiger partial charge on any atom is 0.143 e. The summed E-state index contributed by atoms with van der Waals surface area (Å²) in [6, 6.07) is 6.41. The summed E-state index contributed by atoms with van der Waals surface area (Å²) in [4.78, 5) is 4.75. The molecular weight excluding hydrogens is 358 g/mol. The predicted molar refractivity (Wildman–Crippen MR) is 82.6 cm³/mol. The number of halogens is 2. The Bertz CT molecular complexity index is 440. The number of rotatable bonds is 2. The molecule has 0 bridgehead atoms. The minimum absolute atomic E-state index is 0.403. The van der Waals surface area contributed by atoms with Gasteiger partial charge in [-0.3, -0.25) is 4.99 Å². The molecule has 1 aromatic carbocycles. The number of hydrazine groups is 1. The molecule has 0 unspecified atom stereocenters. The van der Waals surface area contributed by atoms with Crippen LogP contribution in [0, 0.1) is 0 Å². The maximum absolute atomic E-state index is 5.62. The Balaban J connectivity index is 2.23. The van der Waals surface area contributed by atoms with Gasteiger partial charge in [-0.15, -0.1) is 0 Å². The van der Waals surface area contributed by atoms with Gasteiger partial charge in [-0.1, -0.05) is 35.2 Å². The Morgan fingerprint density at radius 3 is 2.56 bits per heavy atom. The molecule has 0 aliphatic heterocycles. The maximum atomic E-state index is 5.62. The summed E-state index contributed by atoms with van der Waals surface area (Å²) in [6.45, 7) is 0. The van der Waals surface area contributed by atoms with Crippen LogP contribution in [0.15, 0.2) is 32.1 Å². The molecule has 3 nitrogen and oxygen atoms in total. The summed E-state index contributed by atoms with van der Waals surface area (Å²) in [5, 5.41) is 0. The van der Waals surface area contributed by atoms with E-state index in [9.17, 15) is 0 Å². The van der Waals surface area contributed by atoms with Crippen LogP contribution >= 0.6 is 31.9 Å². The smallest absolute Gasteiger partial charge is 0.143 e. The van der Waals surface area contributed by atoms with E-state index in [2.05, 4.69) is 37.3 Å². The number of amidine groups is 1. The van der Waals surface area contributed by atoms with E-state index in [0.29, 0.717) is 6.04 Å². The van der Waals surface area contributed by atoms with E-state index in [1.54, 1.807) is 0 Å². The first-order valence-electron chi connectivity index (χ1n) is 6.20. The quantitative estimate of drug-likeness (QED) is 0.358. The van der Waals surface area contributed by atoms with E-state index in [0.717, 1.165) is 20.3 Å². The van der Waals surface area contributed by atoms with Gasteiger partial charge in [0.25, 0.3) is 0 Å². The standard InChI is InChI=1S/C13H17Br2N3/c14-9-6-7-11(12(15)8-9)13(18-16)17-10-4-2-1-3-5-10/h6-8,10H,1-5,16H2,(H,17,18). The summed E-state index contributed by atoms with van der Waals surface area (Å²) in [7, 11) is 0. The zero-order valence-corrected chi connectivity index (χ0v) is 13.3. The number of hydrogen-bond donors (Lipinski definition) is 2. The molecule has 1 aromatic rings. The molecule has 18 heavy (non-hydrogen) atoms. The number of nitrogens with two attached hydrogens (primary N) is 1. The molecule has 5 heteroatoms.